The molecule has 3 N–H and O–H groups in total. The van der Waals surface area contributed by atoms with Crippen molar-refractivity contribution >= 4 is 18.0 Å². The molecule has 32 heavy (non-hydrogen) atoms. The number of hydrogen-bond acceptors (Lipinski definition) is 5. The van der Waals surface area contributed by atoms with Gasteiger partial charge in [0.25, 0.3) is 0 Å². The monoisotopic (exact) mass is 438 g/mol. The second kappa shape index (κ2) is 9.40. The molecule has 1 aliphatic heterocycles. The first-order valence-corrected chi connectivity index (χ1v) is 10.7. The van der Waals surface area contributed by atoms with E-state index in [1.807, 2.05) is 24.3 Å². The van der Waals surface area contributed by atoms with E-state index in [0.29, 0.717) is 13.0 Å². The molecule has 1 heterocycles. The Bertz CT molecular complexity index is 978. The number of nitrogens with one attached hydrogen (secondary N) is 2. The third-order valence-electron chi connectivity index (χ3n) is 6.05. The SMILES string of the molecule is C[C@@H](NC(=O)[C@H]1OCC[C@H]1CNC(=O)OCC1c2ccccc2-c2ccccc21)C(=O)O. The lowest BCUT2D eigenvalue weighted by Gasteiger charge is -2.20. The van der Waals surface area contributed by atoms with Crippen LogP contribution in [0.4, 0.5) is 4.79 Å². The Balaban J connectivity index is 1.31. The fraction of sp³-hybridized carbons (Fsp3) is 0.375. The largest absolute Gasteiger partial charge is 0.480 e. The number of alkyl carbamates (subject to hydrolysis) is 1. The molecule has 1 aliphatic carbocycles. The highest BCUT2D eigenvalue weighted by atomic mass is 16.5. The van der Waals surface area contributed by atoms with Crippen molar-refractivity contribution in [3.8, 4) is 11.1 Å². The fourth-order valence-corrected chi connectivity index (χ4v) is 4.35. The van der Waals surface area contributed by atoms with E-state index >= 15 is 0 Å². The van der Waals surface area contributed by atoms with Gasteiger partial charge in [0, 0.05) is 25.0 Å². The van der Waals surface area contributed by atoms with Crippen molar-refractivity contribution in [2.24, 2.45) is 5.92 Å². The van der Waals surface area contributed by atoms with Crippen molar-refractivity contribution in [1.82, 2.24) is 10.6 Å². The van der Waals surface area contributed by atoms with Gasteiger partial charge in [-0.1, -0.05) is 48.5 Å². The van der Waals surface area contributed by atoms with Crippen molar-refractivity contribution in [2.45, 2.75) is 31.4 Å². The maximum atomic E-state index is 12.4. The summed E-state index contributed by atoms with van der Waals surface area (Å²) < 4.78 is 11.0. The molecule has 1 saturated heterocycles. The van der Waals surface area contributed by atoms with Gasteiger partial charge >= 0.3 is 12.1 Å². The van der Waals surface area contributed by atoms with Crippen LogP contribution in [0.25, 0.3) is 11.1 Å². The molecule has 168 valence electrons. The van der Waals surface area contributed by atoms with Crippen LogP contribution in [0.5, 0.6) is 0 Å². The van der Waals surface area contributed by atoms with Gasteiger partial charge in [-0.3, -0.25) is 9.59 Å². The third-order valence-corrected chi connectivity index (χ3v) is 6.05. The second-order valence-electron chi connectivity index (χ2n) is 8.12. The van der Waals surface area contributed by atoms with Crippen LogP contribution < -0.4 is 10.6 Å². The fourth-order valence-electron chi connectivity index (χ4n) is 4.35. The average Bonchev–Trinajstić information content (AvgIpc) is 3.39. The highest BCUT2D eigenvalue weighted by molar-refractivity contribution is 5.86. The van der Waals surface area contributed by atoms with Crippen molar-refractivity contribution < 1.29 is 29.0 Å². The van der Waals surface area contributed by atoms with Gasteiger partial charge in [0.15, 0.2) is 0 Å². The van der Waals surface area contributed by atoms with E-state index in [4.69, 9.17) is 14.6 Å². The molecule has 2 aliphatic rings. The summed E-state index contributed by atoms with van der Waals surface area (Å²) >= 11 is 0. The topological polar surface area (TPSA) is 114 Å². The number of hydrogen-bond donors (Lipinski definition) is 3. The van der Waals surface area contributed by atoms with Crippen molar-refractivity contribution in [2.75, 3.05) is 19.8 Å². The van der Waals surface area contributed by atoms with E-state index < -0.39 is 30.1 Å². The highest BCUT2D eigenvalue weighted by Crippen LogP contribution is 2.44. The van der Waals surface area contributed by atoms with Gasteiger partial charge < -0.3 is 25.2 Å². The number of aliphatic carboxylic acids is 1. The number of benzene rings is 2. The molecule has 4 rings (SSSR count). The number of carboxylic acid groups (broad SMARTS) is 1. The van der Waals surface area contributed by atoms with Crippen LogP contribution in [0, 0.1) is 5.92 Å². The van der Waals surface area contributed by atoms with Crippen LogP contribution in [0.3, 0.4) is 0 Å². The summed E-state index contributed by atoms with van der Waals surface area (Å²) in [5.74, 6) is -1.89. The predicted molar refractivity (Wildman–Crippen MR) is 116 cm³/mol. The van der Waals surface area contributed by atoms with Gasteiger partial charge in [0.05, 0.1) is 0 Å². The number of rotatable bonds is 7. The predicted octanol–water partition coefficient (Wildman–Crippen LogP) is 2.52. The molecule has 2 amide bonds. The van der Waals surface area contributed by atoms with Crippen molar-refractivity contribution in [3.63, 3.8) is 0 Å². The van der Waals surface area contributed by atoms with Gasteiger partial charge in [-0.05, 0) is 35.6 Å². The van der Waals surface area contributed by atoms with Crippen LogP contribution >= 0.6 is 0 Å². The smallest absolute Gasteiger partial charge is 0.407 e. The van der Waals surface area contributed by atoms with Crippen molar-refractivity contribution in [1.29, 1.82) is 0 Å². The van der Waals surface area contributed by atoms with Crippen LogP contribution in [-0.2, 0) is 19.1 Å². The molecular formula is C24H26N2O6. The molecule has 1 fully saturated rings. The molecule has 3 atom stereocenters. The van der Waals surface area contributed by atoms with E-state index in [1.54, 1.807) is 0 Å². The quantitative estimate of drug-likeness (QED) is 0.612. The second-order valence-corrected chi connectivity index (χ2v) is 8.12. The number of amides is 2. The summed E-state index contributed by atoms with van der Waals surface area (Å²) in [6.45, 7) is 2.17. The molecule has 2 aromatic carbocycles. The molecule has 0 saturated carbocycles. The first kappa shape index (κ1) is 21.8. The number of carbonyl (C=O) groups is 3. The normalized spacial score (nSPS) is 20.2. The Morgan fingerprint density at radius 3 is 2.34 bits per heavy atom. The summed E-state index contributed by atoms with van der Waals surface area (Å²) in [6, 6.07) is 15.2. The van der Waals surface area contributed by atoms with E-state index in [0.717, 1.165) is 22.3 Å². The first-order chi connectivity index (χ1) is 15.5. The highest BCUT2D eigenvalue weighted by Gasteiger charge is 2.36. The van der Waals surface area contributed by atoms with Gasteiger partial charge in [-0.2, -0.15) is 0 Å². The van der Waals surface area contributed by atoms with Crippen molar-refractivity contribution in [3.05, 3.63) is 59.7 Å². The Hall–Kier alpha value is -3.39. The Kier molecular flexibility index (Phi) is 6.41. The van der Waals surface area contributed by atoms with Gasteiger partial charge in [-0.25, -0.2) is 4.79 Å². The molecule has 0 spiro atoms. The minimum absolute atomic E-state index is 0.0287. The molecule has 8 nitrogen and oxygen atoms in total. The maximum Gasteiger partial charge on any atom is 0.407 e. The number of carboxylic acids is 1. The van der Waals surface area contributed by atoms with Gasteiger partial charge in [0.2, 0.25) is 5.91 Å². The first-order valence-electron chi connectivity index (χ1n) is 10.7. The lowest BCUT2D eigenvalue weighted by atomic mass is 9.98. The van der Waals surface area contributed by atoms with Gasteiger partial charge in [-0.15, -0.1) is 0 Å². The van der Waals surface area contributed by atoms with E-state index in [1.165, 1.54) is 6.92 Å². The maximum absolute atomic E-state index is 12.4. The molecular weight excluding hydrogens is 412 g/mol. The summed E-state index contributed by atoms with van der Waals surface area (Å²) in [6.07, 6.45) is -0.772. The summed E-state index contributed by atoms with van der Waals surface area (Å²) in [5.41, 5.74) is 4.58. The average molecular weight is 438 g/mol. The lowest BCUT2D eigenvalue weighted by molar-refractivity contribution is -0.143. The van der Waals surface area contributed by atoms with E-state index in [2.05, 4.69) is 34.9 Å². The molecule has 0 bridgehead atoms. The zero-order valence-corrected chi connectivity index (χ0v) is 17.7. The molecule has 0 unspecified atom stereocenters. The van der Waals surface area contributed by atoms with E-state index in [9.17, 15) is 14.4 Å². The summed E-state index contributed by atoms with van der Waals surface area (Å²) in [7, 11) is 0. The molecule has 0 aromatic heterocycles. The van der Waals surface area contributed by atoms with Crippen LogP contribution in [-0.4, -0.2) is 55.0 Å². The zero-order chi connectivity index (χ0) is 22.7. The Morgan fingerprint density at radius 1 is 1.09 bits per heavy atom. The molecule has 0 radical (unpaired) electrons. The van der Waals surface area contributed by atoms with Crippen LogP contribution in [0.1, 0.15) is 30.4 Å². The van der Waals surface area contributed by atoms with Crippen LogP contribution in [0.2, 0.25) is 0 Å². The minimum atomic E-state index is -1.12. The van der Waals surface area contributed by atoms with Gasteiger partial charge in [0.1, 0.15) is 18.8 Å². The lowest BCUT2D eigenvalue weighted by Crippen LogP contribution is -2.47. The van der Waals surface area contributed by atoms with Crippen LogP contribution in [0.15, 0.2) is 48.5 Å². The summed E-state index contributed by atoms with van der Waals surface area (Å²) in [4.78, 5) is 35.6. The Labute approximate surface area is 185 Å². The Morgan fingerprint density at radius 2 is 1.72 bits per heavy atom. The standard InChI is InChI=1S/C24H26N2O6/c1-14(23(28)29)26-22(27)21-15(10-11-31-21)12-25-24(30)32-13-20-18-8-4-2-6-16(18)17-7-3-5-9-19(17)20/h2-9,14-15,20-21H,10-13H2,1H3,(H,25,30)(H,26,27)(H,28,29)/t14-,15+,21+/m1/s1. The minimum Gasteiger partial charge on any atom is -0.480 e. The van der Waals surface area contributed by atoms with E-state index in [-0.39, 0.29) is 25.0 Å². The zero-order valence-electron chi connectivity index (χ0n) is 17.7. The number of fused-ring (bicyclic) bond motifs is 3. The molecule has 8 heteroatoms. The summed E-state index contributed by atoms with van der Waals surface area (Å²) in [5, 5.41) is 14.1. The number of ether oxygens (including phenoxy) is 2. The molecule has 2 aromatic rings. The number of carbonyl (C=O) groups excluding carboxylic acids is 2. The third kappa shape index (κ3) is 4.45.